The topological polar surface area (TPSA) is 83.7 Å². The summed E-state index contributed by atoms with van der Waals surface area (Å²) in [5.41, 5.74) is 7.99. The molecule has 256 valence electrons. The number of carbonyl (C=O) groups excluding carboxylic acids is 3. The minimum atomic E-state index is 0. The van der Waals surface area contributed by atoms with Crippen molar-refractivity contribution in [3.63, 3.8) is 0 Å². The number of hydrogen-bond donors (Lipinski definition) is 1. The smallest absolute Gasteiger partial charge is 0.326 e. The Morgan fingerprint density at radius 2 is 1.29 bits per heavy atom. The minimum absolute atomic E-state index is 0. The van der Waals surface area contributed by atoms with Crippen LogP contribution in [0.3, 0.4) is 0 Å². The van der Waals surface area contributed by atoms with Gasteiger partial charge in [-0.05, 0) is 130 Å². The van der Waals surface area contributed by atoms with Crippen molar-refractivity contribution in [2.75, 3.05) is 26.2 Å². The van der Waals surface area contributed by atoms with Crippen LogP contribution in [-0.2, 0) is 9.59 Å². The highest BCUT2D eigenvalue weighted by Gasteiger charge is 2.60. The molecule has 0 unspecified atom stereocenters. The molecular formula is C37H42Cl3N3O3S2. The van der Waals surface area contributed by atoms with E-state index in [9.17, 15) is 4.79 Å². The quantitative estimate of drug-likeness (QED) is 0.211. The number of hydrogen-bond acceptors (Lipinski definition) is 8. The van der Waals surface area contributed by atoms with E-state index < -0.39 is 0 Å². The molecule has 11 heteroatoms. The van der Waals surface area contributed by atoms with Crippen molar-refractivity contribution >= 4 is 90.4 Å². The Morgan fingerprint density at radius 3 is 1.83 bits per heavy atom. The Bertz CT molecular complexity index is 1740. The predicted octanol–water partition coefficient (Wildman–Crippen LogP) is 8.97. The summed E-state index contributed by atoms with van der Waals surface area (Å²) < 4.78 is 4.03. The van der Waals surface area contributed by atoms with E-state index in [2.05, 4.69) is 21.9 Å². The molecule has 6 saturated heterocycles. The zero-order valence-electron chi connectivity index (χ0n) is 26.9. The number of halogens is 3. The molecule has 2 spiro atoms. The minimum Gasteiger partial charge on any atom is -0.326 e. The van der Waals surface area contributed by atoms with E-state index in [-0.39, 0.29) is 18.6 Å². The summed E-state index contributed by atoms with van der Waals surface area (Å²) in [6.45, 7) is 5.18. The fourth-order valence-electron chi connectivity index (χ4n) is 9.16. The summed E-state index contributed by atoms with van der Waals surface area (Å²) in [4.78, 5) is 34.5. The van der Waals surface area contributed by atoms with Gasteiger partial charge >= 0.3 is 6.15 Å². The molecule has 48 heavy (non-hydrogen) atoms. The van der Waals surface area contributed by atoms with Gasteiger partial charge in [0.2, 0.25) is 0 Å². The lowest BCUT2D eigenvalue weighted by atomic mass is 9.69. The maximum absolute atomic E-state index is 12.9. The van der Waals surface area contributed by atoms with Crippen molar-refractivity contribution in [1.82, 2.24) is 9.80 Å². The van der Waals surface area contributed by atoms with Crippen LogP contribution in [0.1, 0.15) is 68.1 Å². The summed E-state index contributed by atoms with van der Waals surface area (Å²) in [6.07, 6.45) is 11.7. The van der Waals surface area contributed by atoms with E-state index in [1.807, 2.05) is 42.5 Å². The molecule has 8 aliphatic rings. The maximum atomic E-state index is 12.9. The Kier molecular flexibility index (Phi) is 11.1. The number of piperidine rings is 6. The number of rotatable bonds is 3. The summed E-state index contributed by atoms with van der Waals surface area (Å²) in [6, 6.07) is 18.7. The molecule has 2 atom stereocenters. The number of Topliss-reactive ketones (excluding diaryl/α,β-unsaturated/α-hetero) is 1. The van der Waals surface area contributed by atoms with Crippen LogP contribution in [-0.4, -0.2) is 65.0 Å². The number of benzene rings is 2. The second-order valence-electron chi connectivity index (χ2n) is 14.1. The van der Waals surface area contributed by atoms with Gasteiger partial charge in [-0.25, -0.2) is 0 Å². The first-order valence-corrected chi connectivity index (χ1v) is 19.3. The predicted molar refractivity (Wildman–Crippen MR) is 199 cm³/mol. The zero-order chi connectivity index (χ0) is 32.8. The monoisotopic (exact) mass is 745 g/mol. The second kappa shape index (κ2) is 14.8. The van der Waals surface area contributed by atoms with Gasteiger partial charge in [-0.2, -0.15) is 9.59 Å². The Balaban J connectivity index is 0.000000134. The third-order valence-corrected chi connectivity index (χ3v) is 14.3. The Morgan fingerprint density at radius 1 is 0.771 bits per heavy atom. The lowest BCUT2D eigenvalue weighted by molar-refractivity contribution is -0.191. The molecule has 4 aromatic rings. The van der Waals surface area contributed by atoms with E-state index in [0.717, 1.165) is 42.6 Å². The van der Waals surface area contributed by atoms with E-state index in [0.29, 0.717) is 28.8 Å². The van der Waals surface area contributed by atoms with Crippen LogP contribution in [0.25, 0.3) is 20.2 Å². The lowest BCUT2D eigenvalue weighted by Gasteiger charge is -2.52. The lowest BCUT2D eigenvalue weighted by Crippen LogP contribution is -2.63. The summed E-state index contributed by atoms with van der Waals surface area (Å²) in [7, 11) is 0. The Labute approximate surface area is 306 Å². The highest BCUT2D eigenvalue weighted by Crippen LogP contribution is 2.58. The number of carbonyl (C=O) groups is 1. The number of nitrogens with two attached hydrogens (primary N) is 1. The molecule has 2 aromatic carbocycles. The highest BCUT2D eigenvalue weighted by atomic mass is 35.5. The molecule has 0 amide bonds. The van der Waals surface area contributed by atoms with Gasteiger partial charge in [0, 0.05) is 38.5 Å². The SMILES string of the molecule is Cl.Clc1cc2ccccc2s1.N[C@@H]1C2CCN(CC2)C12CC2.O=C(C[C@@H]1C2CCN(CC2)C12CC2)c1ccc2cc(Cl)sc2c1.O=C=O. The molecule has 2 saturated carbocycles. The third-order valence-electron chi connectivity index (χ3n) is 11.9. The van der Waals surface area contributed by atoms with Crippen molar-refractivity contribution in [3.05, 3.63) is 68.8 Å². The number of thiophene rings is 2. The van der Waals surface area contributed by atoms with Crippen molar-refractivity contribution in [2.45, 2.75) is 74.9 Å². The van der Waals surface area contributed by atoms with Gasteiger partial charge < -0.3 is 5.73 Å². The van der Waals surface area contributed by atoms with Gasteiger partial charge in [0.25, 0.3) is 0 Å². The molecule has 4 bridgehead atoms. The van der Waals surface area contributed by atoms with Crippen LogP contribution in [0.5, 0.6) is 0 Å². The maximum Gasteiger partial charge on any atom is 0.373 e. The highest BCUT2D eigenvalue weighted by molar-refractivity contribution is 7.23. The largest absolute Gasteiger partial charge is 0.373 e. The van der Waals surface area contributed by atoms with Crippen LogP contribution in [0.15, 0.2) is 54.6 Å². The van der Waals surface area contributed by atoms with Crippen molar-refractivity contribution < 1.29 is 14.4 Å². The molecule has 2 aromatic heterocycles. The van der Waals surface area contributed by atoms with E-state index in [1.54, 1.807) is 22.7 Å². The fraction of sp³-hybridized carbons (Fsp3) is 0.514. The van der Waals surface area contributed by atoms with Gasteiger partial charge in [0.05, 0.1) is 8.67 Å². The van der Waals surface area contributed by atoms with Crippen LogP contribution >= 0.6 is 58.3 Å². The number of ketones is 1. The fourth-order valence-corrected chi connectivity index (χ4v) is 11.5. The van der Waals surface area contributed by atoms with Crippen LogP contribution < -0.4 is 5.73 Å². The van der Waals surface area contributed by atoms with Gasteiger partial charge in [0.15, 0.2) is 5.78 Å². The standard InChI is InChI=1S/C19H20ClNOS.C9H16N2.C8H5ClS.CO2.ClH/c20-18-10-14-2-1-13(9-17(14)23-18)16(22)11-15-12-3-7-21(8-4-12)19(15)5-6-19;10-8-7-1-5-11(6-2-7)9(8)3-4-9;9-8-5-6-3-1-2-4-7(6)10-8;2-1-3;/h1-2,9-10,12,15H,3-8,11H2;7-8H,1-6,10H2;1-5H;;1H/t15-;8-;;;/m11.../s1. The summed E-state index contributed by atoms with van der Waals surface area (Å²) in [5, 5.41) is 2.37. The average molecular weight is 747 g/mol. The molecule has 0 radical (unpaired) electrons. The number of fused-ring (bicyclic) bond motifs is 6. The van der Waals surface area contributed by atoms with Gasteiger partial charge in [-0.1, -0.05) is 53.5 Å². The normalized spacial score (nSPS) is 29.0. The third kappa shape index (κ3) is 7.03. The molecule has 8 heterocycles. The molecule has 12 rings (SSSR count). The van der Waals surface area contributed by atoms with Crippen LogP contribution in [0.2, 0.25) is 8.67 Å². The first kappa shape index (κ1) is 36.0. The molecule has 2 N–H and O–H groups in total. The summed E-state index contributed by atoms with van der Waals surface area (Å²) >= 11 is 15.1. The van der Waals surface area contributed by atoms with Crippen molar-refractivity contribution in [3.8, 4) is 0 Å². The van der Waals surface area contributed by atoms with E-state index >= 15 is 0 Å². The first-order chi connectivity index (χ1) is 22.8. The molecular weight excluding hydrogens is 705 g/mol. The first-order valence-electron chi connectivity index (χ1n) is 16.9. The molecule has 6 aliphatic heterocycles. The molecule has 8 fully saturated rings. The van der Waals surface area contributed by atoms with Gasteiger partial charge in [-0.3, -0.25) is 14.6 Å². The van der Waals surface area contributed by atoms with Crippen LogP contribution in [0, 0.1) is 17.8 Å². The van der Waals surface area contributed by atoms with E-state index in [4.69, 9.17) is 38.5 Å². The van der Waals surface area contributed by atoms with Crippen molar-refractivity contribution in [2.24, 2.45) is 23.5 Å². The molecule has 6 nitrogen and oxygen atoms in total. The van der Waals surface area contributed by atoms with Crippen molar-refractivity contribution in [1.29, 1.82) is 0 Å². The Hall–Kier alpha value is -1.84. The molecule has 2 aliphatic carbocycles. The van der Waals surface area contributed by atoms with Gasteiger partial charge in [0.1, 0.15) is 0 Å². The number of nitrogens with zero attached hydrogens (tertiary/aromatic N) is 2. The van der Waals surface area contributed by atoms with Gasteiger partial charge in [-0.15, -0.1) is 35.1 Å². The average Bonchev–Trinajstić information content (AvgIpc) is 3.98. The summed E-state index contributed by atoms with van der Waals surface area (Å²) in [5.74, 6) is 2.54. The second-order valence-corrected chi connectivity index (χ2v) is 17.5. The zero-order valence-corrected chi connectivity index (χ0v) is 30.8. The van der Waals surface area contributed by atoms with E-state index in [1.165, 1.54) is 87.6 Å². The van der Waals surface area contributed by atoms with Crippen LogP contribution in [0.4, 0.5) is 0 Å².